The monoisotopic (exact) mass is 333 g/mol. The summed E-state index contributed by atoms with van der Waals surface area (Å²) in [6, 6.07) is 7.93. The summed E-state index contributed by atoms with van der Waals surface area (Å²) in [4.78, 5) is 12.1. The van der Waals surface area contributed by atoms with Gasteiger partial charge < -0.3 is 9.64 Å². The number of fused-ring (bicyclic) bond motifs is 1. The number of hydrogen-bond donors (Lipinski definition) is 0. The molecule has 0 N–H and O–H groups in total. The highest BCUT2D eigenvalue weighted by Gasteiger charge is 2.09. The molecule has 0 unspecified atom stereocenters. The number of aromatic nitrogens is 2. The average molecular weight is 334 g/mol. The Hall–Kier alpha value is -1.69. The van der Waals surface area contributed by atoms with E-state index in [1.165, 1.54) is 0 Å². The number of halogens is 1. The van der Waals surface area contributed by atoms with E-state index in [2.05, 4.69) is 20.9 Å². The van der Waals surface area contributed by atoms with Crippen molar-refractivity contribution in [1.82, 2.24) is 9.97 Å². The van der Waals surface area contributed by atoms with E-state index in [0.29, 0.717) is 6.61 Å². The molecule has 0 aromatic carbocycles. The minimum Gasteiger partial charge on any atom is -0.383 e. The second kappa shape index (κ2) is 6.60. The van der Waals surface area contributed by atoms with Crippen LogP contribution in [0.2, 0.25) is 5.02 Å². The molecule has 3 rings (SSSR count). The summed E-state index contributed by atoms with van der Waals surface area (Å²) in [6.07, 6.45) is 3.60. The summed E-state index contributed by atoms with van der Waals surface area (Å²) < 4.78 is 6.09. The number of thiophene rings is 1. The van der Waals surface area contributed by atoms with Crippen LogP contribution in [-0.4, -0.2) is 37.3 Å². The molecule has 4 nitrogen and oxygen atoms in total. The Bertz CT molecular complexity index is 773. The van der Waals surface area contributed by atoms with Gasteiger partial charge in [-0.1, -0.05) is 11.6 Å². The normalized spacial score (nSPS) is 11.0. The summed E-state index contributed by atoms with van der Waals surface area (Å²) >= 11 is 7.82. The first-order valence-corrected chi connectivity index (χ1v) is 8.09. The fraction of sp³-hybridized carbons (Fsp3) is 0.250. The van der Waals surface area contributed by atoms with Crippen molar-refractivity contribution in [3.63, 3.8) is 0 Å². The van der Waals surface area contributed by atoms with Crippen molar-refractivity contribution in [1.29, 1.82) is 0 Å². The third kappa shape index (κ3) is 3.06. The van der Waals surface area contributed by atoms with Crippen LogP contribution in [0.25, 0.3) is 20.8 Å². The predicted octanol–water partition coefficient (Wildman–Crippen LogP) is 4.09. The lowest BCUT2D eigenvalue weighted by Crippen LogP contribution is -2.22. The molecule has 0 aliphatic carbocycles. The van der Waals surface area contributed by atoms with Crippen LogP contribution in [0.5, 0.6) is 0 Å². The largest absolute Gasteiger partial charge is 0.383 e. The SMILES string of the molecule is COCCN(C)c1ccc(-c2cc3nccc(Cl)c3s2)nc1. The highest BCUT2D eigenvalue weighted by Crippen LogP contribution is 2.35. The highest BCUT2D eigenvalue weighted by molar-refractivity contribution is 7.22. The van der Waals surface area contributed by atoms with Crippen molar-refractivity contribution in [2.24, 2.45) is 0 Å². The number of likely N-dealkylation sites (N-methyl/N-ethyl adjacent to an activating group) is 1. The van der Waals surface area contributed by atoms with Crippen LogP contribution in [0.1, 0.15) is 0 Å². The molecule has 0 saturated heterocycles. The van der Waals surface area contributed by atoms with Gasteiger partial charge in [0.2, 0.25) is 0 Å². The van der Waals surface area contributed by atoms with Gasteiger partial charge >= 0.3 is 0 Å². The van der Waals surface area contributed by atoms with Crippen molar-refractivity contribution in [2.75, 3.05) is 32.2 Å². The van der Waals surface area contributed by atoms with Gasteiger partial charge in [-0.2, -0.15) is 0 Å². The first-order valence-electron chi connectivity index (χ1n) is 6.89. The zero-order chi connectivity index (χ0) is 15.5. The molecular weight excluding hydrogens is 318 g/mol. The summed E-state index contributed by atoms with van der Waals surface area (Å²) in [7, 11) is 3.73. The molecule has 3 heterocycles. The van der Waals surface area contributed by atoms with Crippen molar-refractivity contribution in [2.45, 2.75) is 0 Å². The Balaban J connectivity index is 1.86. The second-order valence-electron chi connectivity index (χ2n) is 4.93. The molecule has 3 aromatic rings. The standard InChI is InChI=1S/C16H16ClN3OS/c1-20(7-8-21-2)11-3-4-13(19-10-11)15-9-14-16(22-15)12(17)5-6-18-14/h3-6,9-10H,7-8H2,1-2H3. The highest BCUT2D eigenvalue weighted by atomic mass is 35.5. The first kappa shape index (κ1) is 15.2. The van der Waals surface area contributed by atoms with Gasteiger partial charge in [-0.25, -0.2) is 0 Å². The Morgan fingerprint density at radius 2 is 2.14 bits per heavy atom. The first-order chi connectivity index (χ1) is 10.7. The quantitative estimate of drug-likeness (QED) is 0.704. The number of hydrogen-bond acceptors (Lipinski definition) is 5. The van der Waals surface area contributed by atoms with Gasteiger partial charge in [-0.05, 0) is 24.3 Å². The van der Waals surface area contributed by atoms with E-state index in [1.807, 2.05) is 31.4 Å². The van der Waals surface area contributed by atoms with Crippen LogP contribution in [0.4, 0.5) is 5.69 Å². The van der Waals surface area contributed by atoms with Gasteiger partial charge in [-0.15, -0.1) is 11.3 Å². The minimum absolute atomic E-state index is 0.693. The van der Waals surface area contributed by atoms with Gasteiger partial charge in [0.1, 0.15) is 0 Å². The molecule has 0 atom stereocenters. The Morgan fingerprint density at radius 3 is 2.82 bits per heavy atom. The third-order valence-electron chi connectivity index (χ3n) is 3.44. The zero-order valence-corrected chi connectivity index (χ0v) is 14.0. The van der Waals surface area contributed by atoms with Crippen molar-refractivity contribution < 1.29 is 4.74 Å². The van der Waals surface area contributed by atoms with Crippen LogP contribution in [0.3, 0.4) is 0 Å². The van der Waals surface area contributed by atoms with Gasteiger partial charge in [-0.3, -0.25) is 9.97 Å². The molecule has 6 heteroatoms. The van der Waals surface area contributed by atoms with Crippen molar-refractivity contribution in [3.05, 3.63) is 41.7 Å². The Labute approximate surface area is 138 Å². The van der Waals surface area contributed by atoms with E-state index < -0.39 is 0 Å². The predicted molar refractivity (Wildman–Crippen MR) is 93.0 cm³/mol. The summed E-state index contributed by atoms with van der Waals surface area (Å²) in [6.45, 7) is 1.53. The smallest absolute Gasteiger partial charge is 0.0831 e. The molecule has 0 radical (unpaired) electrons. The maximum atomic E-state index is 6.20. The third-order valence-corrected chi connectivity index (χ3v) is 5.04. The zero-order valence-electron chi connectivity index (χ0n) is 12.4. The summed E-state index contributed by atoms with van der Waals surface area (Å²) in [5.74, 6) is 0. The van der Waals surface area contributed by atoms with Crippen LogP contribution in [0, 0.1) is 0 Å². The van der Waals surface area contributed by atoms with Crippen LogP contribution < -0.4 is 4.90 Å². The molecule has 0 saturated carbocycles. The number of anilines is 1. The summed E-state index contributed by atoms with van der Waals surface area (Å²) in [5.41, 5.74) is 2.91. The number of rotatable bonds is 5. The van der Waals surface area contributed by atoms with Gasteiger partial charge in [0.25, 0.3) is 0 Å². The fourth-order valence-electron chi connectivity index (χ4n) is 2.15. The maximum absolute atomic E-state index is 6.20. The van der Waals surface area contributed by atoms with Crippen molar-refractivity contribution in [3.8, 4) is 10.6 Å². The Kier molecular flexibility index (Phi) is 4.57. The average Bonchev–Trinajstić information content (AvgIpc) is 2.98. The fourth-order valence-corrected chi connectivity index (χ4v) is 3.41. The number of pyridine rings is 2. The molecule has 0 spiro atoms. The molecule has 0 aliphatic rings. The molecule has 0 amide bonds. The number of nitrogens with zero attached hydrogens (tertiary/aromatic N) is 3. The van der Waals surface area contributed by atoms with Crippen LogP contribution in [-0.2, 0) is 4.74 Å². The number of methoxy groups -OCH3 is 1. The van der Waals surface area contributed by atoms with Gasteiger partial charge in [0.05, 0.1) is 44.3 Å². The van der Waals surface area contributed by atoms with E-state index in [1.54, 1.807) is 24.6 Å². The lowest BCUT2D eigenvalue weighted by atomic mass is 10.2. The number of ether oxygens (including phenoxy) is 1. The topological polar surface area (TPSA) is 38.2 Å². The van der Waals surface area contributed by atoms with Crippen LogP contribution in [0.15, 0.2) is 36.7 Å². The molecular formula is C16H16ClN3OS. The second-order valence-corrected chi connectivity index (χ2v) is 6.39. The van der Waals surface area contributed by atoms with Gasteiger partial charge in [0, 0.05) is 26.9 Å². The van der Waals surface area contributed by atoms with E-state index in [0.717, 1.165) is 38.0 Å². The molecule has 0 fully saturated rings. The lowest BCUT2D eigenvalue weighted by Gasteiger charge is -2.18. The van der Waals surface area contributed by atoms with Crippen molar-refractivity contribution >= 4 is 38.8 Å². The van der Waals surface area contributed by atoms with E-state index >= 15 is 0 Å². The molecule has 22 heavy (non-hydrogen) atoms. The molecule has 0 aliphatic heterocycles. The van der Waals surface area contributed by atoms with E-state index in [-0.39, 0.29) is 0 Å². The molecule has 0 bridgehead atoms. The molecule has 3 aromatic heterocycles. The van der Waals surface area contributed by atoms with E-state index in [4.69, 9.17) is 16.3 Å². The van der Waals surface area contributed by atoms with E-state index in [9.17, 15) is 0 Å². The lowest BCUT2D eigenvalue weighted by molar-refractivity contribution is 0.206. The Morgan fingerprint density at radius 1 is 1.27 bits per heavy atom. The van der Waals surface area contributed by atoms with Crippen LogP contribution >= 0.6 is 22.9 Å². The summed E-state index contributed by atoms with van der Waals surface area (Å²) in [5, 5.41) is 0.733. The van der Waals surface area contributed by atoms with Gasteiger partial charge in [0.15, 0.2) is 0 Å². The molecule has 114 valence electrons. The minimum atomic E-state index is 0.693. The maximum Gasteiger partial charge on any atom is 0.0831 e.